The second-order valence-electron chi connectivity index (χ2n) is 4.40. The second kappa shape index (κ2) is 6.00. The number of phenols is 1. The van der Waals surface area contributed by atoms with Crippen molar-refractivity contribution in [3.8, 4) is 5.75 Å². The summed E-state index contributed by atoms with van der Waals surface area (Å²) in [6.07, 6.45) is -1.23. The van der Waals surface area contributed by atoms with Gasteiger partial charge in [-0.25, -0.2) is 0 Å². The number of aryl methyl sites for hydroxylation is 2. The van der Waals surface area contributed by atoms with Crippen molar-refractivity contribution in [1.29, 1.82) is 0 Å². The molecule has 17 heavy (non-hydrogen) atoms. The number of benzene rings is 1. The van der Waals surface area contributed by atoms with Crippen molar-refractivity contribution in [3.05, 3.63) is 28.8 Å². The highest BCUT2D eigenvalue weighted by Crippen LogP contribution is 2.28. The van der Waals surface area contributed by atoms with Crippen molar-refractivity contribution >= 4 is 0 Å². The van der Waals surface area contributed by atoms with Crippen molar-refractivity contribution in [2.75, 3.05) is 13.6 Å². The molecule has 4 heteroatoms. The van der Waals surface area contributed by atoms with E-state index in [2.05, 4.69) is 5.32 Å². The normalized spacial score (nSPS) is 14.6. The van der Waals surface area contributed by atoms with Gasteiger partial charge in [-0.3, -0.25) is 0 Å². The van der Waals surface area contributed by atoms with E-state index in [1.54, 1.807) is 19.2 Å². The lowest BCUT2D eigenvalue weighted by Gasteiger charge is -2.22. The molecule has 2 atom stereocenters. The molecule has 0 bridgehead atoms. The molecule has 0 aromatic heterocycles. The quantitative estimate of drug-likeness (QED) is 0.619. The number of hydrogen-bond donors (Lipinski definition) is 4. The van der Waals surface area contributed by atoms with Crippen LogP contribution in [0, 0.1) is 13.8 Å². The molecule has 4 N–H and O–H groups in total. The van der Waals surface area contributed by atoms with E-state index in [1.165, 1.54) is 0 Å². The average molecular weight is 239 g/mol. The van der Waals surface area contributed by atoms with Crippen LogP contribution in [0.4, 0.5) is 0 Å². The minimum Gasteiger partial charge on any atom is -0.508 e. The molecule has 1 aromatic rings. The first-order chi connectivity index (χ1) is 7.97. The Kier molecular flexibility index (Phi) is 4.93. The van der Waals surface area contributed by atoms with Gasteiger partial charge in [-0.05, 0) is 62.7 Å². The number of phenolic OH excluding ortho intramolecular Hbond substituents is 1. The van der Waals surface area contributed by atoms with Gasteiger partial charge < -0.3 is 20.6 Å². The predicted octanol–water partition coefficient (Wildman–Crippen LogP) is 1.01. The first kappa shape index (κ1) is 14.0. The molecular formula is C13H21NO3. The van der Waals surface area contributed by atoms with Crippen LogP contribution in [0.5, 0.6) is 5.75 Å². The summed E-state index contributed by atoms with van der Waals surface area (Å²) in [5, 5.41) is 32.3. The zero-order valence-corrected chi connectivity index (χ0v) is 10.6. The maximum atomic E-state index is 10.1. The van der Waals surface area contributed by atoms with Crippen molar-refractivity contribution in [2.45, 2.75) is 32.5 Å². The van der Waals surface area contributed by atoms with Crippen LogP contribution in [0.3, 0.4) is 0 Å². The molecule has 0 aliphatic heterocycles. The molecule has 96 valence electrons. The second-order valence-corrected chi connectivity index (χ2v) is 4.40. The third-order valence-corrected chi connectivity index (χ3v) is 2.93. The van der Waals surface area contributed by atoms with Crippen LogP contribution in [0.2, 0.25) is 0 Å². The van der Waals surface area contributed by atoms with E-state index < -0.39 is 12.2 Å². The lowest BCUT2D eigenvalue weighted by atomic mass is 9.93. The highest BCUT2D eigenvalue weighted by atomic mass is 16.3. The smallest absolute Gasteiger partial charge is 0.116 e. The molecule has 0 amide bonds. The Morgan fingerprint density at radius 1 is 1.18 bits per heavy atom. The summed E-state index contributed by atoms with van der Waals surface area (Å²) in [7, 11) is 1.80. The van der Waals surface area contributed by atoms with Crippen LogP contribution in [0.25, 0.3) is 0 Å². The van der Waals surface area contributed by atoms with E-state index in [0.29, 0.717) is 18.5 Å². The molecule has 0 radical (unpaired) electrons. The molecule has 0 spiro atoms. The molecule has 0 aliphatic rings. The van der Waals surface area contributed by atoms with Gasteiger partial charge in [-0.2, -0.15) is 0 Å². The van der Waals surface area contributed by atoms with Crippen LogP contribution in [0.1, 0.15) is 29.2 Å². The first-order valence-corrected chi connectivity index (χ1v) is 5.78. The van der Waals surface area contributed by atoms with E-state index in [1.807, 2.05) is 13.8 Å². The zero-order chi connectivity index (χ0) is 13.0. The summed E-state index contributed by atoms with van der Waals surface area (Å²) >= 11 is 0. The third-order valence-electron chi connectivity index (χ3n) is 2.93. The van der Waals surface area contributed by atoms with Gasteiger partial charge in [0.2, 0.25) is 0 Å². The molecule has 0 fully saturated rings. The first-order valence-electron chi connectivity index (χ1n) is 5.78. The van der Waals surface area contributed by atoms with Crippen LogP contribution >= 0.6 is 0 Å². The fourth-order valence-corrected chi connectivity index (χ4v) is 2.06. The fraction of sp³-hybridized carbons (Fsp3) is 0.538. The summed E-state index contributed by atoms with van der Waals surface area (Å²) in [4.78, 5) is 0. The van der Waals surface area contributed by atoms with E-state index in [9.17, 15) is 15.3 Å². The molecule has 1 rings (SSSR count). The van der Waals surface area contributed by atoms with Crippen molar-refractivity contribution in [3.63, 3.8) is 0 Å². The molecular weight excluding hydrogens is 218 g/mol. The van der Waals surface area contributed by atoms with E-state index in [-0.39, 0.29) is 5.75 Å². The number of aliphatic hydroxyl groups is 2. The van der Waals surface area contributed by atoms with Crippen molar-refractivity contribution < 1.29 is 15.3 Å². The molecule has 2 unspecified atom stereocenters. The van der Waals surface area contributed by atoms with Gasteiger partial charge in [0.1, 0.15) is 11.9 Å². The summed E-state index contributed by atoms with van der Waals surface area (Å²) in [6.45, 7) is 4.28. The number of aliphatic hydroxyl groups excluding tert-OH is 2. The topological polar surface area (TPSA) is 72.7 Å². The number of nitrogens with one attached hydrogen (secondary N) is 1. The monoisotopic (exact) mass is 239 g/mol. The molecule has 0 aliphatic carbocycles. The standard InChI is InChI=1S/C13H21NO3/c1-8-6-10(15)7-9(2)12(8)13(17)11(16)4-5-14-3/h6-7,11,13-17H,4-5H2,1-3H3. The van der Waals surface area contributed by atoms with Gasteiger partial charge in [0.25, 0.3) is 0 Å². The maximum absolute atomic E-state index is 10.1. The van der Waals surface area contributed by atoms with E-state index in [0.717, 1.165) is 11.1 Å². The Bertz CT molecular complexity index is 356. The minimum absolute atomic E-state index is 0.181. The Morgan fingerprint density at radius 2 is 1.71 bits per heavy atom. The highest BCUT2D eigenvalue weighted by molar-refractivity contribution is 5.42. The summed E-state index contributed by atoms with van der Waals surface area (Å²) in [5.74, 6) is 0.181. The predicted molar refractivity (Wildman–Crippen MR) is 67.1 cm³/mol. The largest absolute Gasteiger partial charge is 0.508 e. The van der Waals surface area contributed by atoms with Gasteiger partial charge in [-0.1, -0.05) is 0 Å². The average Bonchev–Trinajstić information content (AvgIpc) is 2.24. The van der Waals surface area contributed by atoms with Gasteiger partial charge in [0.15, 0.2) is 0 Å². The molecule has 1 aromatic carbocycles. The van der Waals surface area contributed by atoms with Crippen LogP contribution < -0.4 is 5.32 Å². The molecule has 0 saturated carbocycles. The van der Waals surface area contributed by atoms with Crippen LogP contribution in [-0.4, -0.2) is 35.0 Å². The summed E-state index contributed by atoms with van der Waals surface area (Å²) in [6, 6.07) is 3.19. The van der Waals surface area contributed by atoms with Gasteiger partial charge >= 0.3 is 0 Å². The zero-order valence-electron chi connectivity index (χ0n) is 10.6. The number of hydrogen-bond acceptors (Lipinski definition) is 4. The maximum Gasteiger partial charge on any atom is 0.116 e. The van der Waals surface area contributed by atoms with E-state index >= 15 is 0 Å². The SMILES string of the molecule is CNCCC(O)C(O)c1c(C)cc(O)cc1C. The molecule has 0 saturated heterocycles. The number of aromatic hydroxyl groups is 1. The molecule has 4 nitrogen and oxygen atoms in total. The van der Waals surface area contributed by atoms with Gasteiger partial charge in [0.05, 0.1) is 6.10 Å². The van der Waals surface area contributed by atoms with Gasteiger partial charge in [0, 0.05) is 0 Å². The minimum atomic E-state index is -0.913. The van der Waals surface area contributed by atoms with Gasteiger partial charge in [-0.15, -0.1) is 0 Å². The third kappa shape index (κ3) is 3.43. The Labute approximate surface area is 102 Å². The lowest BCUT2D eigenvalue weighted by Crippen LogP contribution is -2.24. The summed E-state index contributed by atoms with van der Waals surface area (Å²) in [5.41, 5.74) is 2.28. The Balaban J connectivity index is 2.91. The summed E-state index contributed by atoms with van der Waals surface area (Å²) < 4.78 is 0. The fourth-order valence-electron chi connectivity index (χ4n) is 2.06. The van der Waals surface area contributed by atoms with E-state index in [4.69, 9.17) is 0 Å². The van der Waals surface area contributed by atoms with Crippen molar-refractivity contribution in [1.82, 2.24) is 5.32 Å². The Hall–Kier alpha value is -1.10. The highest BCUT2D eigenvalue weighted by Gasteiger charge is 2.21. The van der Waals surface area contributed by atoms with Crippen LogP contribution in [0.15, 0.2) is 12.1 Å². The van der Waals surface area contributed by atoms with Crippen molar-refractivity contribution in [2.24, 2.45) is 0 Å². The van der Waals surface area contributed by atoms with Crippen LogP contribution in [-0.2, 0) is 0 Å². The Morgan fingerprint density at radius 3 is 2.18 bits per heavy atom. The number of rotatable bonds is 5. The molecule has 0 heterocycles. The lowest BCUT2D eigenvalue weighted by molar-refractivity contribution is 0.0133.